The molecule has 2 heteroatoms. The van der Waals surface area contributed by atoms with E-state index in [2.05, 4.69) is 72.8 Å². The van der Waals surface area contributed by atoms with Crippen molar-refractivity contribution in [1.29, 1.82) is 0 Å². The second-order valence-corrected chi connectivity index (χ2v) is 9.26. The second-order valence-electron chi connectivity index (χ2n) is 9.26. The molecule has 6 aromatic carbocycles. The van der Waals surface area contributed by atoms with Crippen LogP contribution in [0, 0.1) is 0 Å². The van der Waals surface area contributed by atoms with Gasteiger partial charge in [-0.1, -0.05) is 97.1 Å². The first kappa shape index (κ1) is 19.9. The molecule has 0 aliphatic heterocycles. The normalized spacial score (nSPS) is 13.6. The number of hydrogen-bond acceptors (Lipinski definition) is 2. The average Bonchev–Trinajstić information content (AvgIpc) is 3.22. The lowest BCUT2D eigenvalue weighted by molar-refractivity contribution is 0.475. The first-order valence-corrected chi connectivity index (χ1v) is 11.8. The SMILES string of the molecule is Oc1ccc(C2(c3ccc(O)cc3)c3c(ccc4ccccc34)-c3ccc4ccccc4c32)cc1. The van der Waals surface area contributed by atoms with Gasteiger partial charge in [0, 0.05) is 0 Å². The van der Waals surface area contributed by atoms with Crippen molar-refractivity contribution in [3.8, 4) is 22.6 Å². The maximum Gasteiger partial charge on any atom is 0.115 e. The van der Waals surface area contributed by atoms with E-state index < -0.39 is 5.41 Å². The molecular weight excluding hydrogens is 428 g/mol. The third kappa shape index (κ3) is 2.65. The van der Waals surface area contributed by atoms with Crippen molar-refractivity contribution < 1.29 is 10.2 Å². The minimum Gasteiger partial charge on any atom is -0.508 e. The van der Waals surface area contributed by atoms with Gasteiger partial charge in [0.25, 0.3) is 0 Å². The van der Waals surface area contributed by atoms with E-state index in [0.29, 0.717) is 0 Å². The van der Waals surface area contributed by atoms with Crippen LogP contribution in [-0.4, -0.2) is 10.2 Å². The summed E-state index contributed by atoms with van der Waals surface area (Å²) in [7, 11) is 0. The van der Waals surface area contributed by atoms with Crippen molar-refractivity contribution in [3.63, 3.8) is 0 Å². The monoisotopic (exact) mass is 450 g/mol. The van der Waals surface area contributed by atoms with E-state index in [4.69, 9.17) is 0 Å². The topological polar surface area (TPSA) is 40.5 Å². The summed E-state index contributed by atoms with van der Waals surface area (Å²) in [6.45, 7) is 0. The van der Waals surface area contributed by atoms with Gasteiger partial charge in [-0.15, -0.1) is 0 Å². The summed E-state index contributed by atoms with van der Waals surface area (Å²) < 4.78 is 0. The van der Waals surface area contributed by atoms with Crippen molar-refractivity contribution in [1.82, 2.24) is 0 Å². The van der Waals surface area contributed by atoms with Gasteiger partial charge in [0.1, 0.15) is 11.5 Å². The highest BCUT2D eigenvalue weighted by molar-refractivity contribution is 6.06. The maximum atomic E-state index is 10.2. The molecular formula is C33H22O2. The van der Waals surface area contributed by atoms with E-state index in [-0.39, 0.29) is 11.5 Å². The van der Waals surface area contributed by atoms with Crippen LogP contribution in [0.25, 0.3) is 32.7 Å². The second kappa shape index (κ2) is 7.22. The van der Waals surface area contributed by atoms with Crippen LogP contribution in [0.15, 0.2) is 121 Å². The largest absolute Gasteiger partial charge is 0.508 e. The molecule has 7 rings (SSSR count). The molecule has 0 radical (unpaired) electrons. The number of benzene rings is 6. The fraction of sp³-hybridized carbons (Fsp3) is 0.0303. The summed E-state index contributed by atoms with van der Waals surface area (Å²) in [6.07, 6.45) is 0. The first-order chi connectivity index (χ1) is 17.2. The highest BCUT2D eigenvalue weighted by atomic mass is 16.3. The fourth-order valence-electron chi connectivity index (χ4n) is 6.09. The molecule has 0 bridgehead atoms. The molecule has 0 amide bonds. The predicted molar refractivity (Wildman–Crippen MR) is 142 cm³/mol. The lowest BCUT2D eigenvalue weighted by Gasteiger charge is -2.35. The molecule has 0 saturated heterocycles. The number of hydrogen-bond donors (Lipinski definition) is 2. The Labute approximate surface area is 203 Å². The lowest BCUT2D eigenvalue weighted by atomic mass is 9.66. The summed E-state index contributed by atoms with van der Waals surface area (Å²) in [4.78, 5) is 0. The van der Waals surface area contributed by atoms with Crippen molar-refractivity contribution >= 4 is 21.5 Å². The van der Waals surface area contributed by atoms with Gasteiger partial charge in [0.15, 0.2) is 0 Å². The van der Waals surface area contributed by atoms with Gasteiger partial charge in [-0.2, -0.15) is 0 Å². The first-order valence-electron chi connectivity index (χ1n) is 11.8. The average molecular weight is 451 g/mol. The van der Waals surface area contributed by atoms with Crippen LogP contribution in [0.1, 0.15) is 22.3 Å². The van der Waals surface area contributed by atoms with Crippen LogP contribution >= 0.6 is 0 Å². The van der Waals surface area contributed by atoms with E-state index in [1.54, 1.807) is 24.3 Å². The minimum absolute atomic E-state index is 0.240. The van der Waals surface area contributed by atoms with Crippen LogP contribution < -0.4 is 0 Å². The molecule has 166 valence electrons. The van der Waals surface area contributed by atoms with Gasteiger partial charge in [-0.25, -0.2) is 0 Å². The van der Waals surface area contributed by atoms with Gasteiger partial charge >= 0.3 is 0 Å². The summed E-state index contributed by atoms with van der Waals surface area (Å²) in [5.41, 5.74) is 6.42. The molecule has 0 spiro atoms. The Morgan fingerprint density at radius 3 is 1.23 bits per heavy atom. The smallest absolute Gasteiger partial charge is 0.115 e. The zero-order chi connectivity index (χ0) is 23.6. The Morgan fingerprint density at radius 2 is 0.800 bits per heavy atom. The molecule has 0 aromatic heterocycles. The Morgan fingerprint density at radius 1 is 0.400 bits per heavy atom. The van der Waals surface area contributed by atoms with E-state index in [9.17, 15) is 10.2 Å². The molecule has 2 nitrogen and oxygen atoms in total. The number of fused-ring (bicyclic) bond motifs is 7. The van der Waals surface area contributed by atoms with E-state index >= 15 is 0 Å². The third-order valence-corrected chi connectivity index (χ3v) is 7.50. The van der Waals surface area contributed by atoms with Crippen molar-refractivity contribution in [2.24, 2.45) is 0 Å². The van der Waals surface area contributed by atoms with Gasteiger partial charge in [-0.05, 0) is 79.2 Å². The van der Waals surface area contributed by atoms with E-state index in [1.807, 2.05) is 24.3 Å². The van der Waals surface area contributed by atoms with Crippen LogP contribution in [-0.2, 0) is 5.41 Å². The van der Waals surface area contributed by atoms with Crippen LogP contribution in [0.4, 0.5) is 0 Å². The number of phenolic OH excluding ortho intramolecular Hbond substituents is 2. The van der Waals surface area contributed by atoms with Crippen molar-refractivity contribution in [2.75, 3.05) is 0 Å². The summed E-state index contributed by atoms with van der Waals surface area (Å²) in [5.74, 6) is 0.479. The zero-order valence-electron chi connectivity index (χ0n) is 18.9. The number of rotatable bonds is 2. The summed E-state index contributed by atoms with van der Waals surface area (Å²) >= 11 is 0. The summed E-state index contributed by atoms with van der Waals surface area (Å²) in [6, 6.07) is 41.2. The quantitative estimate of drug-likeness (QED) is 0.282. The van der Waals surface area contributed by atoms with Crippen LogP contribution in [0.5, 0.6) is 11.5 Å². The standard InChI is InChI=1S/C33H22O2/c34-25-15-11-23(12-16-25)33(24-13-17-26(35)18-14-24)31-27-7-3-1-5-21(27)9-19-29(31)30-20-10-22-6-2-4-8-28(22)32(30)33/h1-20,34-35H. The third-order valence-electron chi connectivity index (χ3n) is 7.50. The molecule has 1 aliphatic rings. The van der Waals surface area contributed by atoms with Gasteiger partial charge in [-0.3, -0.25) is 0 Å². The fourth-order valence-corrected chi connectivity index (χ4v) is 6.09. The number of phenols is 2. The molecule has 0 atom stereocenters. The Hall–Kier alpha value is -4.56. The van der Waals surface area contributed by atoms with Gasteiger partial charge in [0.2, 0.25) is 0 Å². The molecule has 6 aromatic rings. The van der Waals surface area contributed by atoms with E-state index in [1.165, 1.54) is 43.8 Å². The Bertz CT molecular complexity index is 1610. The predicted octanol–water partition coefficient (Wildman–Crippen LogP) is 7.77. The molecule has 35 heavy (non-hydrogen) atoms. The molecule has 0 heterocycles. The molecule has 2 N–H and O–H groups in total. The molecule has 1 aliphatic carbocycles. The molecule has 0 saturated carbocycles. The van der Waals surface area contributed by atoms with Crippen LogP contribution in [0.2, 0.25) is 0 Å². The lowest BCUT2D eigenvalue weighted by Crippen LogP contribution is -2.29. The highest BCUT2D eigenvalue weighted by Gasteiger charge is 2.48. The van der Waals surface area contributed by atoms with Crippen molar-refractivity contribution in [3.05, 3.63) is 144 Å². The maximum absolute atomic E-state index is 10.2. The highest BCUT2D eigenvalue weighted by Crippen LogP contribution is 2.59. The van der Waals surface area contributed by atoms with Gasteiger partial charge < -0.3 is 10.2 Å². The minimum atomic E-state index is -0.631. The van der Waals surface area contributed by atoms with Crippen LogP contribution in [0.3, 0.4) is 0 Å². The Kier molecular flexibility index (Phi) is 4.10. The zero-order valence-corrected chi connectivity index (χ0v) is 18.9. The van der Waals surface area contributed by atoms with Gasteiger partial charge in [0.05, 0.1) is 5.41 Å². The Balaban J connectivity index is 1.77. The molecule has 0 unspecified atom stereocenters. The summed E-state index contributed by atoms with van der Waals surface area (Å²) in [5, 5.41) is 25.2. The van der Waals surface area contributed by atoms with Crippen molar-refractivity contribution in [2.45, 2.75) is 5.41 Å². The van der Waals surface area contributed by atoms with E-state index in [0.717, 1.165) is 11.1 Å². The molecule has 0 fully saturated rings. The number of aromatic hydroxyl groups is 2.